The van der Waals surface area contributed by atoms with Gasteiger partial charge in [0, 0.05) is 17.4 Å². The second kappa shape index (κ2) is 10.2. The Morgan fingerprint density at radius 3 is 2.74 bits per heavy atom. The number of aromatic nitrogens is 4. The molecule has 1 atom stereocenters. The van der Waals surface area contributed by atoms with Crippen LogP contribution in [0, 0.1) is 18.6 Å². The number of halogens is 2. The Morgan fingerprint density at radius 1 is 1.26 bits per heavy atom. The van der Waals surface area contributed by atoms with Crippen molar-refractivity contribution in [3.8, 4) is 0 Å². The quantitative estimate of drug-likeness (QED) is 0.278. The molecule has 1 fully saturated rings. The molecule has 204 valence electrons. The summed E-state index contributed by atoms with van der Waals surface area (Å²) in [6.07, 6.45) is 5.01. The molecule has 1 amide bonds. The van der Waals surface area contributed by atoms with Gasteiger partial charge < -0.3 is 15.6 Å². The van der Waals surface area contributed by atoms with Crippen LogP contribution in [-0.2, 0) is 14.3 Å². The van der Waals surface area contributed by atoms with Gasteiger partial charge in [0.1, 0.15) is 11.4 Å². The first kappa shape index (κ1) is 26.4. The van der Waals surface area contributed by atoms with Crippen molar-refractivity contribution < 1.29 is 26.2 Å². The lowest BCUT2D eigenvalue weighted by Gasteiger charge is -2.24. The number of hydrogen-bond acceptors (Lipinski definition) is 8. The van der Waals surface area contributed by atoms with E-state index in [2.05, 4.69) is 25.7 Å². The van der Waals surface area contributed by atoms with E-state index in [0.717, 1.165) is 29.4 Å². The highest BCUT2D eigenvalue weighted by Gasteiger charge is 2.27. The highest BCUT2D eigenvalue weighted by molar-refractivity contribution is 7.86. The van der Waals surface area contributed by atoms with Gasteiger partial charge in [0.2, 0.25) is 0 Å². The molecular weight excluding hydrogens is 534 g/mol. The molecule has 0 aliphatic heterocycles. The summed E-state index contributed by atoms with van der Waals surface area (Å²) in [5.74, 6) is -2.44. The van der Waals surface area contributed by atoms with Crippen molar-refractivity contribution in [3.05, 3.63) is 81.5 Å². The fourth-order valence-corrected chi connectivity index (χ4v) is 5.17. The highest BCUT2D eigenvalue weighted by atomic mass is 32.2. The van der Waals surface area contributed by atoms with Gasteiger partial charge in [-0.2, -0.15) is 13.5 Å². The van der Waals surface area contributed by atoms with Crippen LogP contribution in [0.15, 0.2) is 52.5 Å². The van der Waals surface area contributed by atoms with Crippen molar-refractivity contribution in [1.82, 2.24) is 19.6 Å². The van der Waals surface area contributed by atoms with E-state index >= 15 is 0 Å². The predicted molar refractivity (Wildman–Crippen MR) is 137 cm³/mol. The molecule has 0 spiro atoms. The highest BCUT2D eigenvalue weighted by Crippen LogP contribution is 2.29. The molecule has 1 aliphatic rings. The Labute approximate surface area is 221 Å². The number of nitrogens with one attached hydrogen (secondary N) is 3. The average Bonchev–Trinajstić information content (AvgIpc) is 3.27. The third-order valence-electron chi connectivity index (χ3n) is 6.47. The van der Waals surface area contributed by atoms with E-state index < -0.39 is 39.3 Å². The van der Waals surface area contributed by atoms with Crippen molar-refractivity contribution >= 4 is 33.2 Å². The molecule has 14 heteroatoms. The number of nitrogens with zero attached hydrogens (tertiary/aromatic N) is 3. The van der Waals surface area contributed by atoms with Gasteiger partial charge in [-0.05, 0) is 56.9 Å². The summed E-state index contributed by atoms with van der Waals surface area (Å²) in [4.78, 5) is 31.6. The van der Waals surface area contributed by atoms with Crippen LogP contribution in [0.1, 0.15) is 53.7 Å². The van der Waals surface area contributed by atoms with Crippen molar-refractivity contribution in [1.29, 1.82) is 0 Å². The van der Waals surface area contributed by atoms with Gasteiger partial charge in [0.25, 0.3) is 21.6 Å². The Balaban J connectivity index is 1.41. The van der Waals surface area contributed by atoms with Gasteiger partial charge in [-0.3, -0.25) is 13.8 Å². The molecule has 1 aliphatic carbocycles. The Kier molecular flexibility index (Phi) is 6.91. The van der Waals surface area contributed by atoms with Gasteiger partial charge in [-0.1, -0.05) is 6.07 Å². The minimum absolute atomic E-state index is 0.00787. The normalized spacial score (nSPS) is 14.7. The number of hydrogen-bond donors (Lipinski definition) is 3. The molecule has 0 bridgehead atoms. The second-order valence-corrected chi connectivity index (χ2v) is 10.8. The van der Waals surface area contributed by atoms with Gasteiger partial charge in [-0.25, -0.2) is 18.3 Å². The summed E-state index contributed by atoms with van der Waals surface area (Å²) in [7, 11) is -4.01. The zero-order chi connectivity index (χ0) is 27.9. The Morgan fingerprint density at radius 2 is 2.03 bits per heavy atom. The number of H-pyrrole nitrogens is 1. The summed E-state index contributed by atoms with van der Waals surface area (Å²) >= 11 is 0. The molecule has 3 N–H and O–H groups in total. The maximum atomic E-state index is 14.7. The van der Waals surface area contributed by atoms with Gasteiger partial charge in [0.05, 0.1) is 29.4 Å². The van der Waals surface area contributed by atoms with Crippen molar-refractivity contribution in [2.45, 2.75) is 50.2 Å². The molecule has 1 saturated carbocycles. The summed E-state index contributed by atoms with van der Waals surface area (Å²) in [5, 5.41) is 9.36. The lowest BCUT2D eigenvalue weighted by atomic mass is 9.97. The number of carbonyl (C=O) groups excluding carboxylic acids is 1. The first-order chi connectivity index (χ1) is 18.5. The standard InChI is InChI=1S/C25H24F2N6O5S/c1-13-6-7-17(39(36,37)38-16-4-3-5-16)9-21(13)31-25(35)19-11-29-33-12-20(27)22(32-23(19)33)30-14(2)18-8-15(26)10-28-24(18)34/h6-12,14,16H,3-5H2,1-2H3,(H,28,34)(H,30,32)(H,31,35)/t14-/m1/s1. The van der Waals surface area contributed by atoms with Crippen molar-refractivity contribution in [3.63, 3.8) is 0 Å². The number of aromatic amines is 1. The summed E-state index contributed by atoms with van der Waals surface area (Å²) in [6.45, 7) is 3.22. The van der Waals surface area contributed by atoms with E-state index in [4.69, 9.17) is 4.18 Å². The number of rotatable bonds is 8. The van der Waals surface area contributed by atoms with Crippen LogP contribution in [0.25, 0.3) is 5.65 Å². The van der Waals surface area contributed by atoms with E-state index in [1.807, 2.05) is 0 Å². The second-order valence-electron chi connectivity index (χ2n) is 9.27. The summed E-state index contributed by atoms with van der Waals surface area (Å²) in [6, 6.07) is 4.46. The lowest BCUT2D eigenvalue weighted by Crippen LogP contribution is -2.25. The van der Waals surface area contributed by atoms with Crippen LogP contribution < -0.4 is 16.2 Å². The van der Waals surface area contributed by atoms with Gasteiger partial charge in [0.15, 0.2) is 17.3 Å². The zero-order valence-electron chi connectivity index (χ0n) is 20.9. The molecule has 39 heavy (non-hydrogen) atoms. The van der Waals surface area contributed by atoms with Crippen LogP contribution in [0.5, 0.6) is 0 Å². The van der Waals surface area contributed by atoms with E-state index in [1.165, 1.54) is 25.3 Å². The van der Waals surface area contributed by atoms with E-state index in [9.17, 15) is 26.8 Å². The molecule has 0 radical (unpaired) electrons. The molecule has 5 rings (SSSR count). The van der Waals surface area contributed by atoms with Gasteiger partial charge in [-0.15, -0.1) is 0 Å². The monoisotopic (exact) mass is 558 g/mol. The molecular formula is C25H24F2N6O5S. The molecule has 0 saturated heterocycles. The SMILES string of the molecule is Cc1ccc(S(=O)(=O)OC2CCC2)cc1NC(=O)c1cnn2cc(F)c(N[C@H](C)c3cc(F)c[nH]c3=O)nc12. The van der Waals surface area contributed by atoms with Crippen molar-refractivity contribution in [2.24, 2.45) is 0 Å². The third kappa shape index (κ3) is 5.38. The number of anilines is 2. The molecule has 0 unspecified atom stereocenters. The van der Waals surface area contributed by atoms with Crippen LogP contribution in [-0.4, -0.2) is 40.0 Å². The minimum atomic E-state index is -4.01. The average molecular weight is 559 g/mol. The lowest BCUT2D eigenvalue weighted by molar-refractivity contribution is 0.102. The number of aryl methyl sites for hydroxylation is 1. The molecule has 4 aromatic rings. The number of pyridine rings is 1. The fraction of sp³-hybridized carbons (Fsp3) is 0.280. The van der Waals surface area contributed by atoms with E-state index in [0.29, 0.717) is 18.4 Å². The maximum Gasteiger partial charge on any atom is 0.297 e. The fourth-order valence-electron chi connectivity index (χ4n) is 4.01. The topological polar surface area (TPSA) is 148 Å². The maximum absolute atomic E-state index is 14.7. The van der Waals surface area contributed by atoms with Gasteiger partial charge >= 0.3 is 0 Å². The minimum Gasteiger partial charge on any atom is -0.361 e. The molecule has 3 aromatic heterocycles. The smallest absolute Gasteiger partial charge is 0.297 e. The number of carbonyl (C=O) groups is 1. The zero-order valence-corrected chi connectivity index (χ0v) is 21.7. The first-order valence-electron chi connectivity index (χ1n) is 12.1. The van der Waals surface area contributed by atoms with Crippen LogP contribution in [0.3, 0.4) is 0 Å². The molecule has 3 heterocycles. The number of amides is 1. The van der Waals surface area contributed by atoms with Crippen LogP contribution in [0.2, 0.25) is 0 Å². The first-order valence-corrected chi connectivity index (χ1v) is 13.5. The van der Waals surface area contributed by atoms with Crippen LogP contribution in [0.4, 0.5) is 20.3 Å². The van der Waals surface area contributed by atoms with E-state index in [-0.39, 0.29) is 39.3 Å². The number of benzene rings is 1. The summed E-state index contributed by atoms with van der Waals surface area (Å²) < 4.78 is 60.0. The van der Waals surface area contributed by atoms with Crippen molar-refractivity contribution in [2.75, 3.05) is 10.6 Å². The van der Waals surface area contributed by atoms with E-state index in [1.54, 1.807) is 13.0 Å². The summed E-state index contributed by atoms with van der Waals surface area (Å²) in [5.41, 5.74) is 0.267. The number of fused-ring (bicyclic) bond motifs is 1. The van der Waals surface area contributed by atoms with Crippen LogP contribution >= 0.6 is 0 Å². The Hall–Kier alpha value is -4.17. The largest absolute Gasteiger partial charge is 0.361 e. The molecule has 1 aromatic carbocycles. The predicted octanol–water partition coefficient (Wildman–Crippen LogP) is 3.69. The Bertz CT molecular complexity index is 1750. The molecule has 11 nitrogen and oxygen atoms in total. The third-order valence-corrected chi connectivity index (χ3v) is 7.83.